The molecule has 0 radical (unpaired) electrons. The second kappa shape index (κ2) is 9.91. The fraction of sp³-hybridized carbons (Fsp3) is 0.429. The average molecular weight is 408 g/mol. The molecule has 0 N–H and O–H groups in total. The molecule has 154 valence electrons. The summed E-state index contributed by atoms with van der Waals surface area (Å²) in [6.07, 6.45) is -0.679. The minimum absolute atomic E-state index is 0.0322. The highest BCUT2D eigenvalue weighted by Gasteiger charge is 2.29. The molecule has 2 aromatic carbocycles. The molecule has 2 aromatic rings. The average Bonchev–Trinajstić information content (AvgIpc) is 2.66. The van der Waals surface area contributed by atoms with Crippen LogP contribution < -0.4 is 9.04 Å². The van der Waals surface area contributed by atoms with Crippen LogP contribution in [0.5, 0.6) is 5.75 Å². The molecule has 0 saturated carbocycles. The van der Waals surface area contributed by atoms with Crippen LogP contribution in [0.1, 0.15) is 25.0 Å². The lowest BCUT2D eigenvalue weighted by molar-refractivity contribution is -0.128. The number of rotatable bonds is 10. The number of nitrogens with zero attached hydrogens (tertiary/aromatic N) is 1. The Bertz CT molecular complexity index is 876. The van der Waals surface area contributed by atoms with Gasteiger partial charge in [0.05, 0.1) is 24.2 Å². The third-order valence-corrected chi connectivity index (χ3v) is 6.21. The maximum absolute atomic E-state index is 13.6. The van der Waals surface area contributed by atoms with Crippen molar-refractivity contribution >= 4 is 15.7 Å². The van der Waals surface area contributed by atoms with Crippen LogP contribution in [0, 0.1) is 13.8 Å². The molecule has 28 heavy (non-hydrogen) atoms. The largest absolute Gasteiger partial charge is 0.497 e. The normalized spacial score (nSPS) is 11.6. The van der Waals surface area contributed by atoms with Crippen molar-refractivity contribution in [1.29, 1.82) is 0 Å². The maximum Gasteiger partial charge on any atom is 0.264 e. The second-order valence-electron chi connectivity index (χ2n) is 6.35. The number of benzene rings is 2. The van der Waals surface area contributed by atoms with Crippen molar-refractivity contribution in [2.45, 2.75) is 38.9 Å². The first kappa shape index (κ1) is 22.2. The summed E-state index contributed by atoms with van der Waals surface area (Å²) < 4.78 is 45.0. The van der Waals surface area contributed by atoms with Gasteiger partial charge in [-0.3, -0.25) is 4.31 Å². The van der Waals surface area contributed by atoms with Crippen LogP contribution in [-0.2, 0) is 19.5 Å². The molecule has 0 amide bonds. The lowest BCUT2D eigenvalue weighted by Gasteiger charge is -2.29. The van der Waals surface area contributed by atoms with Gasteiger partial charge in [0, 0.05) is 19.3 Å². The first-order chi connectivity index (χ1) is 13.3. The van der Waals surface area contributed by atoms with E-state index >= 15 is 0 Å². The Labute approximate surface area is 168 Å². The smallest absolute Gasteiger partial charge is 0.264 e. The highest BCUT2D eigenvalue weighted by molar-refractivity contribution is 7.92. The number of hydrogen-bond donors (Lipinski definition) is 0. The van der Waals surface area contributed by atoms with Gasteiger partial charge < -0.3 is 14.2 Å². The summed E-state index contributed by atoms with van der Waals surface area (Å²) in [5, 5.41) is 0. The Morgan fingerprint density at radius 2 is 1.68 bits per heavy atom. The summed E-state index contributed by atoms with van der Waals surface area (Å²) >= 11 is 0. The highest BCUT2D eigenvalue weighted by Crippen LogP contribution is 2.29. The topological polar surface area (TPSA) is 65.1 Å². The van der Waals surface area contributed by atoms with E-state index in [2.05, 4.69) is 0 Å². The van der Waals surface area contributed by atoms with E-state index in [4.69, 9.17) is 14.2 Å². The van der Waals surface area contributed by atoms with Crippen LogP contribution in [0.3, 0.4) is 0 Å². The minimum atomic E-state index is -3.84. The standard InChI is InChI=1S/C21H29NO5S/c1-6-26-21(27-7-2)15-22(18-9-8-10-19(14-18)25-5)28(23,24)20-12-11-16(3)13-17(20)4/h8-14,21H,6-7,15H2,1-5H3. The number of aryl methyl sites for hydroxylation is 2. The van der Waals surface area contributed by atoms with Gasteiger partial charge in [-0.15, -0.1) is 0 Å². The molecule has 0 bridgehead atoms. The Kier molecular flexibility index (Phi) is 7.86. The summed E-state index contributed by atoms with van der Waals surface area (Å²) in [6, 6.07) is 12.3. The van der Waals surface area contributed by atoms with E-state index in [1.807, 2.05) is 26.8 Å². The van der Waals surface area contributed by atoms with Gasteiger partial charge in [-0.2, -0.15) is 0 Å². The first-order valence-corrected chi connectivity index (χ1v) is 10.7. The van der Waals surface area contributed by atoms with Crippen LogP contribution in [0.15, 0.2) is 47.4 Å². The third-order valence-electron chi connectivity index (χ3n) is 4.26. The molecular formula is C21H29NO5S. The van der Waals surface area contributed by atoms with Crippen molar-refractivity contribution in [2.75, 3.05) is 31.2 Å². The molecular weight excluding hydrogens is 378 g/mol. The lowest BCUT2D eigenvalue weighted by atomic mass is 10.2. The molecule has 7 heteroatoms. The second-order valence-corrected chi connectivity index (χ2v) is 8.18. The van der Waals surface area contributed by atoms with Crippen molar-refractivity contribution < 1.29 is 22.6 Å². The van der Waals surface area contributed by atoms with Crippen molar-refractivity contribution in [3.63, 3.8) is 0 Å². The first-order valence-electron chi connectivity index (χ1n) is 9.30. The van der Waals surface area contributed by atoms with E-state index in [0.29, 0.717) is 30.2 Å². The predicted molar refractivity (Wildman–Crippen MR) is 110 cm³/mol. The molecule has 0 unspecified atom stereocenters. The van der Waals surface area contributed by atoms with Gasteiger partial charge >= 0.3 is 0 Å². The molecule has 2 rings (SSSR count). The number of anilines is 1. The fourth-order valence-corrected chi connectivity index (χ4v) is 4.63. The predicted octanol–water partition coefficient (Wildman–Crippen LogP) is 3.91. The molecule has 6 nitrogen and oxygen atoms in total. The molecule has 0 heterocycles. The molecule has 0 aromatic heterocycles. The molecule has 0 aliphatic heterocycles. The minimum Gasteiger partial charge on any atom is -0.497 e. The van der Waals surface area contributed by atoms with Gasteiger partial charge in [0.2, 0.25) is 0 Å². The molecule has 0 saturated heterocycles. The summed E-state index contributed by atoms with van der Waals surface area (Å²) in [4.78, 5) is 0.257. The summed E-state index contributed by atoms with van der Waals surface area (Å²) in [7, 11) is -2.29. The number of sulfonamides is 1. The van der Waals surface area contributed by atoms with E-state index in [1.54, 1.807) is 50.4 Å². The van der Waals surface area contributed by atoms with E-state index in [-0.39, 0.29) is 11.4 Å². The molecule has 0 atom stereocenters. The lowest BCUT2D eigenvalue weighted by Crippen LogP contribution is -2.40. The molecule has 0 aliphatic carbocycles. The van der Waals surface area contributed by atoms with E-state index in [1.165, 1.54) is 4.31 Å². The maximum atomic E-state index is 13.6. The van der Waals surface area contributed by atoms with E-state index in [9.17, 15) is 8.42 Å². The Morgan fingerprint density at radius 1 is 1.00 bits per heavy atom. The fourth-order valence-electron chi connectivity index (χ4n) is 2.98. The van der Waals surface area contributed by atoms with Crippen molar-refractivity contribution in [2.24, 2.45) is 0 Å². The highest BCUT2D eigenvalue weighted by atomic mass is 32.2. The van der Waals surface area contributed by atoms with Gasteiger partial charge in [0.25, 0.3) is 10.0 Å². The number of ether oxygens (including phenoxy) is 3. The van der Waals surface area contributed by atoms with Gasteiger partial charge in [-0.1, -0.05) is 23.8 Å². The molecule has 0 spiro atoms. The monoisotopic (exact) mass is 407 g/mol. The van der Waals surface area contributed by atoms with Crippen molar-refractivity contribution in [3.05, 3.63) is 53.6 Å². The van der Waals surface area contributed by atoms with Crippen molar-refractivity contribution in [1.82, 2.24) is 0 Å². The van der Waals surface area contributed by atoms with Gasteiger partial charge in [0.15, 0.2) is 6.29 Å². The van der Waals surface area contributed by atoms with Crippen LogP contribution >= 0.6 is 0 Å². The zero-order valence-electron chi connectivity index (χ0n) is 17.1. The number of methoxy groups -OCH3 is 1. The molecule has 0 fully saturated rings. The zero-order chi connectivity index (χ0) is 20.7. The third kappa shape index (κ3) is 5.25. The Balaban J connectivity index is 2.55. The van der Waals surface area contributed by atoms with E-state index in [0.717, 1.165) is 5.56 Å². The molecule has 0 aliphatic rings. The van der Waals surface area contributed by atoms with E-state index < -0.39 is 16.3 Å². The SMILES string of the molecule is CCOC(CN(c1cccc(OC)c1)S(=O)(=O)c1ccc(C)cc1C)OCC. The van der Waals surface area contributed by atoms with Gasteiger partial charge in [-0.05, 0) is 51.5 Å². The Hall–Kier alpha value is -2.09. The van der Waals surface area contributed by atoms with Crippen LogP contribution in [0.4, 0.5) is 5.69 Å². The van der Waals surface area contributed by atoms with Gasteiger partial charge in [-0.25, -0.2) is 8.42 Å². The Morgan fingerprint density at radius 3 is 2.25 bits per heavy atom. The van der Waals surface area contributed by atoms with Crippen LogP contribution in [-0.4, -0.2) is 41.6 Å². The quantitative estimate of drug-likeness (QED) is 0.559. The summed E-state index contributed by atoms with van der Waals surface area (Å²) in [5.74, 6) is 0.572. The van der Waals surface area contributed by atoms with Crippen molar-refractivity contribution in [3.8, 4) is 5.75 Å². The van der Waals surface area contributed by atoms with Crippen LogP contribution in [0.2, 0.25) is 0 Å². The zero-order valence-corrected chi connectivity index (χ0v) is 18.0. The van der Waals surface area contributed by atoms with Crippen LogP contribution in [0.25, 0.3) is 0 Å². The van der Waals surface area contributed by atoms with Gasteiger partial charge in [0.1, 0.15) is 5.75 Å². The number of hydrogen-bond acceptors (Lipinski definition) is 5. The summed E-state index contributed by atoms with van der Waals surface area (Å²) in [5.41, 5.74) is 2.19. The summed E-state index contributed by atoms with van der Waals surface area (Å²) in [6.45, 7) is 8.29.